The molecule has 7 heteroatoms. The molecular formula is C22H23N3O2S2. The van der Waals surface area contributed by atoms with Crippen molar-refractivity contribution in [2.24, 2.45) is 0 Å². The van der Waals surface area contributed by atoms with Crippen molar-refractivity contribution >= 4 is 46.0 Å². The maximum absolute atomic E-state index is 12.8. The van der Waals surface area contributed by atoms with Crippen molar-refractivity contribution in [2.45, 2.75) is 6.92 Å². The van der Waals surface area contributed by atoms with Gasteiger partial charge in [-0.05, 0) is 42.8 Å². The number of phenolic OH excluding ortho intramolecular Hbond substituents is 1. The number of anilines is 1. The average Bonchev–Trinajstić information content (AvgIpc) is 2.98. The number of thioether (sulfide) groups is 1. The van der Waals surface area contributed by atoms with Crippen LogP contribution in [0.1, 0.15) is 11.1 Å². The summed E-state index contributed by atoms with van der Waals surface area (Å²) in [7, 11) is 0. The number of piperazine rings is 1. The first-order valence-electron chi connectivity index (χ1n) is 9.58. The van der Waals surface area contributed by atoms with E-state index in [1.165, 1.54) is 23.0 Å². The molecule has 2 aliphatic heterocycles. The highest BCUT2D eigenvalue weighted by Gasteiger charge is 2.33. The van der Waals surface area contributed by atoms with Gasteiger partial charge in [-0.25, -0.2) is 0 Å². The number of hydrogen-bond acceptors (Lipinski definition) is 6. The van der Waals surface area contributed by atoms with Crippen molar-refractivity contribution in [3.63, 3.8) is 0 Å². The van der Waals surface area contributed by atoms with E-state index in [1.807, 2.05) is 6.08 Å². The highest BCUT2D eigenvalue weighted by Crippen LogP contribution is 2.33. The Bertz CT molecular complexity index is 934. The summed E-state index contributed by atoms with van der Waals surface area (Å²) in [4.78, 5) is 19.8. The number of thiocarbonyl (C=S) groups is 1. The van der Waals surface area contributed by atoms with Gasteiger partial charge in [0, 0.05) is 31.9 Å². The molecule has 0 unspecified atom stereocenters. The van der Waals surface area contributed by atoms with Crippen molar-refractivity contribution in [3.05, 3.63) is 64.6 Å². The van der Waals surface area contributed by atoms with Gasteiger partial charge in [0.05, 0.1) is 11.6 Å². The molecular weight excluding hydrogens is 402 g/mol. The lowest BCUT2D eigenvalue weighted by Gasteiger charge is -2.37. The van der Waals surface area contributed by atoms with E-state index in [1.54, 1.807) is 29.2 Å². The number of aromatic hydroxyl groups is 1. The van der Waals surface area contributed by atoms with E-state index in [0.29, 0.717) is 15.9 Å². The lowest BCUT2D eigenvalue weighted by atomic mass is 10.2. The third kappa shape index (κ3) is 4.63. The van der Waals surface area contributed by atoms with Crippen LogP contribution in [0.25, 0.3) is 6.08 Å². The number of phenols is 1. The Hall–Kier alpha value is -2.35. The van der Waals surface area contributed by atoms with E-state index < -0.39 is 0 Å². The number of carbonyl (C=O) groups excluding carboxylic acids is 1. The van der Waals surface area contributed by atoms with E-state index in [-0.39, 0.29) is 11.7 Å². The molecule has 0 saturated carbocycles. The number of nitrogens with zero attached hydrogens (tertiary/aromatic N) is 3. The molecule has 0 bridgehead atoms. The second kappa shape index (κ2) is 8.57. The predicted octanol–water partition coefficient (Wildman–Crippen LogP) is 3.68. The van der Waals surface area contributed by atoms with Gasteiger partial charge in [0.15, 0.2) is 0 Å². The topological polar surface area (TPSA) is 47.0 Å². The molecule has 29 heavy (non-hydrogen) atoms. The molecule has 0 aliphatic carbocycles. The average molecular weight is 426 g/mol. The van der Waals surface area contributed by atoms with Gasteiger partial charge in [0.2, 0.25) is 0 Å². The monoisotopic (exact) mass is 425 g/mol. The van der Waals surface area contributed by atoms with Crippen LogP contribution >= 0.6 is 24.0 Å². The first-order chi connectivity index (χ1) is 14.0. The fourth-order valence-electron chi connectivity index (χ4n) is 3.45. The summed E-state index contributed by atoms with van der Waals surface area (Å²) in [5.74, 6) is 0.161. The first kappa shape index (κ1) is 19.9. The quantitative estimate of drug-likeness (QED) is 0.596. The molecule has 0 atom stereocenters. The fraction of sp³-hybridized carbons (Fsp3) is 0.273. The van der Waals surface area contributed by atoms with Gasteiger partial charge >= 0.3 is 0 Å². The van der Waals surface area contributed by atoms with Crippen LogP contribution in [0, 0.1) is 6.92 Å². The van der Waals surface area contributed by atoms with Crippen LogP contribution in [0.3, 0.4) is 0 Å². The summed E-state index contributed by atoms with van der Waals surface area (Å²) >= 11 is 6.80. The summed E-state index contributed by atoms with van der Waals surface area (Å²) in [6.45, 7) is 6.27. The Morgan fingerprint density at radius 2 is 1.69 bits per heavy atom. The number of aryl methyl sites for hydroxylation is 1. The largest absolute Gasteiger partial charge is 0.508 e. The molecule has 2 heterocycles. The van der Waals surface area contributed by atoms with Crippen molar-refractivity contribution < 1.29 is 9.90 Å². The number of amides is 1. The number of benzene rings is 2. The highest BCUT2D eigenvalue weighted by atomic mass is 32.2. The number of hydrogen-bond donors (Lipinski definition) is 1. The minimum absolute atomic E-state index is 0.0472. The molecule has 150 valence electrons. The maximum Gasteiger partial charge on any atom is 0.267 e. The van der Waals surface area contributed by atoms with Gasteiger partial charge < -0.3 is 10.0 Å². The van der Waals surface area contributed by atoms with E-state index in [9.17, 15) is 9.90 Å². The molecule has 1 N–H and O–H groups in total. The van der Waals surface area contributed by atoms with Crippen LogP contribution in [0.2, 0.25) is 0 Å². The van der Waals surface area contributed by atoms with Crippen molar-refractivity contribution in [1.29, 1.82) is 0 Å². The molecule has 2 aromatic rings. The van der Waals surface area contributed by atoms with Crippen LogP contribution in [0.5, 0.6) is 5.75 Å². The summed E-state index contributed by atoms with van der Waals surface area (Å²) in [5, 5.41) is 9.41. The zero-order valence-corrected chi connectivity index (χ0v) is 17.9. The standard InChI is InChI=1S/C22H23N3O2S2/c1-16-2-6-18(7-3-16)24-12-10-23(11-13-24)15-25-21(27)20(29-22(25)28)14-17-4-8-19(26)9-5-17/h2-9,14,26H,10-13,15H2,1H3/b20-14+. The van der Waals surface area contributed by atoms with Crippen LogP contribution in [-0.4, -0.2) is 58.0 Å². The van der Waals surface area contributed by atoms with Gasteiger partial charge in [0.1, 0.15) is 10.1 Å². The van der Waals surface area contributed by atoms with Crippen molar-refractivity contribution in [3.8, 4) is 5.75 Å². The molecule has 5 nitrogen and oxygen atoms in total. The van der Waals surface area contributed by atoms with Crippen LogP contribution in [0.15, 0.2) is 53.4 Å². The molecule has 0 spiro atoms. The Labute approximate surface area is 180 Å². The van der Waals surface area contributed by atoms with Crippen molar-refractivity contribution in [2.75, 3.05) is 37.7 Å². The van der Waals surface area contributed by atoms with E-state index >= 15 is 0 Å². The Balaban J connectivity index is 1.36. The normalized spacial score (nSPS) is 19.4. The Morgan fingerprint density at radius 3 is 2.34 bits per heavy atom. The van der Waals surface area contributed by atoms with Gasteiger partial charge in [0.25, 0.3) is 5.91 Å². The summed E-state index contributed by atoms with van der Waals surface area (Å²) in [6.07, 6.45) is 1.83. The summed E-state index contributed by atoms with van der Waals surface area (Å²) in [6, 6.07) is 15.4. The van der Waals surface area contributed by atoms with E-state index in [4.69, 9.17) is 12.2 Å². The molecule has 2 fully saturated rings. The summed E-state index contributed by atoms with van der Waals surface area (Å²) < 4.78 is 0.598. The van der Waals surface area contributed by atoms with Gasteiger partial charge in [-0.2, -0.15) is 0 Å². The second-order valence-electron chi connectivity index (χ2n) is 7.28. The Morgan fingerprint density at radius 1 is 1.03 bits per heavy atom. The molecule has 2 aromatic carbocycles. The maximum atomic E-state index is 12.8. The highest BCUT2D eigenvalue weighted by molar-refractivity contribution is 8.26. The van der Waals surface area contributed by atoms with E-state index in [2.05, 4.69) is 41.0 Å². The molecule has 4 rings (SSSR count). The third-order valence-corrected chi connectivity index (χ3v) is 6.56. The number of rotatable bonds is 4. The van der Waals surface area contributed by atoms with Crippen LogP contribution in [-0.2, 0) is 4.79 Å². The SMILES string of the molecule is Cc1ccc(N2CCN(CN3C(=O)/C(=C\c4ccc(O)cc4)SC3=S)CC2)cc1. The third-order valence-electron chi connectivity index (χ3n) is 5.18. The Kier molecular flexibility index (Phi) is 5.89. The molecule has 0 radical (unpaired) electrons. The number of carbonyl (C=O) groups is 1. The fourth-order valence-corrected chi connectivity index (χ4v) is 4.69. The zero-order chi connectivity index (χ0) is 20.4. The van der Waals surface area contributed by atoms with Gasteiger partial charge in [-0.15, -0.1) is 0 Å². The van der Waals surface area contributed by atoms with E-state index in [0.717, 1.165) is 31.7 Å². The summed E-state index contributed by atoms with van der Waals surface area (Å²) in [5.41, 5.74) is 3.38. The minimum atomic E-state index is -0.0472. The molecule has 0 aromatic heterocycles. The minimum Gasteiger partial charge on any atom is -0.508 e. The zero-order valence-electron chi connectivity index (χ0n) is 16.2. The van der Waals surface area contributed by atoms with Crippen molar-refractivity contribution in [1.82, 2.24) is 9.80 Å². The van der Waals surface area contributed by atoms with Gasteiger partial charge in [-0.3, -0.25) is 14.6 Å². The first-order valence-corrected chi connectivity index (χ1v) is 10.8. The predicted molar refractivity (Wildman–Crippen MR) is 123 cm³/mol. The van der Waals surface area contributed by atoms with Crippen LogP contribution < -0.4 is 4.90 Å². The van der Waals surface area contributed by atoms with Crippen LogP contribution in [0.4, 0.5) is 5.69 Å². The second-order valence-corrected chi connectivity index (χ2v) is 8.96. The lowest BCUT2D eigenvalue weighted by Crippen LogP contribution is -2.50. The molecule has 2 saturated heterocycles. The lowest BCUT2D eigenvalue weighted by molar-refractivity contribution is -0.123. The molecule has 1 amide bonds. The van der Waals surface area contributed by atoms with Gasteiger partial charge in [-0.1, -0.05) is 53.8 Å². The smallest absolute Gasteiger partial charge is 0.267 e. The molecule has 2 aliphatic rings.